The van der Waals surface area contributed by atoms with Crippen molar-refractivity contribution in [2.24, 2.45) is 0 Å². The molecule has 0 aliphatic carbocycles. The fourth-order valence-electron chi connectivity index (χ4n) is 1.28. The summed E-state index contributed by atoms with van der Waals surface area (Å²) in [7, 11) is 4.14. The van der Waals surface area contributed by atoms with Gasteiger partial charge in [0.25, 0.3) is 0 Å². The third kappa shape index (κ3) is 3.01. The summed E-state index contributed by atoms with van der Waals surface area (Å²) in [5.41, 5.74) is 1.30. The fourth-order valence-corrected chi connectivity index (χ4v) is 2.24. The van der Waals surface area contributed by atoms with E-state index in [9.17, 15) is 0 Å². The van der Waals surface area contributed by atoms with Crippen LogP contribution in [0.4, 0.5) is 0 Å². The summed E-state index contributed by atoms with van der Waals surface area (Å²) in [6.07, 6.45) is 0. The molecule has 0 radical (unpaired) electrons. The van der Waals surface area contributed by atoms with Gasteiger partial charge < -0.3 is 4.90 Å². The number of benzene rings is 1. The van der Waals surface area contributed by atoms with E-state index in [4.69, 9.17) is 0 Å². The molecule has 1 rings (SSSR count). The number of hydrogen-bond acceptors (Lipinski definition) is 2. The maximum Gasteiger partial charge on any atom is 0.0430 e. The lowest BCUT2D eigenvalue weighted by atomic mass is 10.1. The molecule has 0 bridgehead atoms. The van der Waals surface area contributed by atoms with E-state index in [2.05, 4.69) is 65.8 Å². The lowest BCUT2D eigenvalue weighted by Gasteiger charge is -2.22. The molecule has 1 atom stereocenters. The van der Waals surface area contributed by atoms with Crippen molar-refractivity contribution in [1.82, 2.24) is 4.90 Å². The van der Waals surface area contributed by atoms with Crippen LogP contribution in [-0.2, 0) is 0 Å². The van der Waals surface area contributed by atoms with Gasteiger partial charge in [0.05, 0.1) is 0 Å². The molecule has 1 aromatic carbocycles. The van der Waals surface area contributed by atoms with Crippen LogP contribution in [0.1, 0.15) is 11.6 Å². The van der Waals surface area contributed by atoms with Crippen LogP contribution in [0.2, 0.25) is 0 Å². The second kappa shape index (κ2) is 5.03. The molecule has 13 heavy (non-hydrogen) atoms. The van der Waals surface area contributed by atoms with Gasteiger partial charge in [-0.2, -0.15) is 12.6 Å². The monoisotopic (exact) mass is 259 g/mol. The van der Waals surface area contributed by atoms with Gasteiger partial charge in [-0.3, -0.25) is 0 Å². The van der Waals surface area contributed by atoms with Crippen LogP contribution >= 0.6 is 28.6 Å². The fraction of sp³-hybridized carbons (Fsp3) is 0.400. The molecular formula is C10H14BrNS. The third-order valence-corrected chi connectivity index (χ3v) is 2.87. The van der Waals surface area contributed by atoms with Crippen LogP contribution in [0.15, 0.2) is 28.7 Å². The summed E-state index contributed by atoms with van der Waals surface area (Å²) < 4.78 is 1.12. The van der Waals surface area contributed by atoms with Crippen LogP contribution in [-0.4, -0.2) is 24.7 Å². The number of hydrogen-bond donors (Lipinski definition) is 1. The first-order chi connectivity index (χ1) is 6.15. The molecule has 72 valence electrons. The second-order valence-electron chi connectivity index (χ2n) is 3.22. The summed E-state index contributed by atoms with van der Waals surface area (Å²) >= 11 is 7.81. The van der Waals surface area contributed by atoms with Gasteiger partial charge in [-0.05, 0) is 31.8 Å². The zero-order valence-electron chi connectivity index (χ0n) is 7.87. The van der Waals surface area contributed by atoms with Gasteiger partial charge in [0.1, 0.15) is 0 Å². The molecule has 0 amide bonds. The minimum absolute atomic E-state index is 0.390. The smallest absolute Gasteiger partial charge is 0.0430 e. The van der Waals surface area contributed by atoms with Crippen molar-refractivity contribution in [2.75, 3.05) is 19.8 Å². The van der Waals surface area contributed by atoms with Crippen LogP contribution in [0, 0.1) is 0 Å². The van der Waals surface area contributed by atoms with E-state index >= 15 is 0 Å². The Labute approximate surface area is 93.7 Å². The third-order valence-electron chi connectivity index (χ3n) is 2.03. The van der Waals surface area contributed by atoms with Gasteiger partial charge in [-0.25, -0.2) is 0 Å². The van der Waals surface area contributed by atoms with E-state index in [1.807, 2.05) is 6.07 Å². The van der Waals surface area contributed by atoms with Gasteiger partial charge >= 0.3 is 0 Å². The van der Waals surface area contributed by atoms with Crippen molar-refractivity contribution in [3.63, 3.8) is 0 Å². The predicted molar refractivity (Wildman–Crippen MR) is 64.4 cm³/mol. The van der Waals surface area contributed by atoms with Crippen molar-refractivity contribution in [3.8, 4) is 0 Å². The van der Waals surface area contributed by atoms with E-state index < -0.39 is 0 Å². The Bertz CT molecular complexity index is 275. The van der Waals surface area contributed by atoms with Gasteiger partial charge in [-0.1, -0.05) is 28.1 Å². The average molecular weight is 260 g/mol. The lowest BCUT2D eigenvalue weighted by Crippen LogP contribution is -2.21. The Morgan fingerprint density at radius 3 is 2.62 bits per heavy atom. The molecule has 0 heterocycles. The highest BCUT2D eigenvalue weighted by Crippen LogP contribution is 2.22. The van der Waals surface area contributed by atoms with Crippen molar-refractivity contribution < 1.29 is 0 Å². The predicted octanol–water partition coefficient (Wildman–Crippen LogP) is 2.98. The summed E-state index contributed by atoms with van der Waals surface area (Å²) in [6, 6.07) is 8.75. The highest BCUT2D eigenvalue weighted by atomic mass is 79.9. The van der Waals surface area contributed by atoms with E-state index in [-0.39, 0.29) is 0 Å². The summed E-state index contributed by atoms with van der Waals surface area (Å²) in [5, 5.41) is 0. The maximum atomic E-state index is 4.34. The van der Waals surface area contributed by atoms with Crippen LogP contribution < -0.4 is 0 Å². The minimum atomic E-state index is 0.390. The average Bonchev–Trinajstić information content (AvgIpc) is 2.04. The molecule has 0 N–H and O–H groups in total. The Hall–Kier alpha value is 0.01000. The Morgan fingerprint density at radius 2 is 2.15 bits per heavy atom. The van der Waals surface area contributed by atoms with Crippen LogP contribution in [0.5, 0.6) is 0 Å². The van der Waals surface area contributed by atoms with Crippen molar-refractivity contribution >= 4 is 28.6 Å². The molecule has 0 fully saturated rings. The first kappa shape index (κ1) is 11.1. The molecule has 0 aliphatic heterocycles. The SMILES string of the molecule is CN(C)C(CS)c1cccc(Br)c1. The van der Waals surface area contributed by atoms with Crippen molar-refractivity contribution in [2.45, 2.75) is 6.04 Å². The Kier molecular flexibility index (Phi) is 4.29. The normalized spacial score (nSPS) is 13.3. The number of rotatable bonds is 3. The van der Waals surface area contributed by atoms with Crippen molar-refractivity contribution in [1.29, 1.82) is 0 Å². The minimum Gasteiger partial charge on any atom is -0.302 e. The Balaban J connectivity index is 2.91. The summed E-state index contributed by atoms with van der Waals surface area (Å²) in [6.45, 7) is 0. The van der Waals surface area contributed by atoms with E-state index in [0.29, 0.717) is 6.04 Å². The lowest BCUT2D eigenvalue weighted by molar-refractivity contribution is 0.326. The topological polar surface area (TPSA) is 3.24 Å². The molecule has 1 nitrogen and oxygen atoms in total. The van der Waals surface area contributed by atoms with Gasteiger partial charge in [-0.15, -0.1) is 0 Å². The van der Waals surface area contributed by atoms with Crippen molar-refractivity contribution in [3.05, 3.63) is 34.3 Å². The molecular weight excluding hydrogens is 246 g/mol. The summed E-state index contributed by atoms with van der Waals surface area (Å²) in [4.78, 5) is 2.18. The molecule has 0 spiro atoms. The quantitative estimate of drug-likeness (QED) is 0.818. The maximum absolute atomic E-state index is 4.34. The van der Waals surface area contributed by atoms with E-state index in [0.717, 1.165) is 10.2 Å². The zero-order valence-corrected chi connectivity index (χ0v) is 10.3. The number of nitrogens with zero attached hydrogens (tertiary/aromatic N) is 1. The molecule has 1 aromatic rings. The molecule has 3 heteroatoms. The van der Waals surface area contributed by atoms with Crippen LogP contribution in [0.25, 0.3) is 0 Å². The highest BCUT2D eigenvalue weighted by Gasteiger charge is 2.11. The van der Waals surface area contributed by atoms with E-state index in [1.54, 1.807) is 0 Å². The van der Waals surface area contributed by atoms with Gasteiger partial charge in [0.15, 0.2) is 0 Å². The van der Waals surface area contributed by atoms with Gasteiger partial charge in [0.2, 0.25) is 0 Å². The standard InChI is InChI=1S/C10H14BrNS/c1-12(2)10(7-13)8-4-3-5-9(11)6-8/h3-6,10,13H,7H2,1-2H3. The number of thiol groups is 1. The largest absolute Gasteiger partial charge is 0.302 e. The molecule has 0 aliphatic rings. The van der Waals surface area contributed by atoms with E-state index in [1.165, 1.54) is 5.56 Å². The molecule has 0 saturated carbocycles. The first-order valence-corrected chi connectivity index (χ1v) is 5.60. The molecule has 0 saturated heterocycles. The van der Waals surface area contributed by atoms with Crippen LogP contribution in [0.3, 0.4) is 0 Å². The van der Waals surface area contributed by atoms with Gasteiger partial charge in [0, 0.05) is 16.3 Å². The molecule has 0 aromatic heterocycles. The Morgan fingerprint density at radius 1 is 1.46 bits per heavy atom. The first-order valence-electron chi connectivity index (χ1n) is 4.18. The summed E-state index contributed by atoms with van der Waals surface area (Å²) in [5.74, 6) is 0.837. The number of halogens is 1. The second-order valence-corrected chi connectivity index (χ2v) is 4.50. The highest BCUT2D eigenvalue weighted by molar-refractivity contribution is 9.10. The molecule has 1 unspecified atom stereocenters. The zero-order chi connectivity index (χ0) is 9.84.